The van der Waals surface area contributed by atoms with Crippen LogP contribution in [-0.4, -0.2) is 39.0 Å². The van der Waals surface area contributed by atoms with Crippen molar-refractivity contribution in [1.29, 1.82) is 0 Å². The molecule has 0 N–H and O–H groups in total. The van der Waals surface area contributed by atoms with E-state index >= 15 is 8.78 Å². The van der Waals surface area contributed by atoms with E-state index < -0.39 is 17.7 Å². The van der Waals surface area contributed by atoms with Crippen molar-refractivity contribution in [2.45, 2.75) is 64.1 Å². The maximum atomic E-state index is 15.3. The highest BCUT2D eigenvalue weighted by molar-refractivity contribution is 5.77. The van der Waals surface area contributed by atoms with Crippen LogP contribution in [0, 0.1) is 25.5 Å². The molecule has 0 unspecified atom stereocenters. The zero-order chi connectivity index (χ0) is 28.7. The summed E-state index contributed by atoms with van der Waals surface area (Å²) >= 11 is 0. The fourth-order valence-corrected chi connectivity index (χ4v) is 6.40. The first kappa shape index (κ1) is 27.5. The van der Waals surface area contributed by atoms with E-state index in [0.717, 1.165) is 46.4 Å². The van der Waals surface area contributed by atoms with Gasteiger partial charge in [-0.3, -0.25) is 4.79 Å². The number of carbonyl (C=O) groups is 1. The number of benzene rings is 3. The predicted octanol–water partition coefficient (Wildman–Crippen LogP) is 6.91. The maximum Gasteiger partial charge on any atom is 0.306 e. The SMILES string of the molecule is COC(=O)C[C@@H]1COc2cc(O[C@@H]3CCc4c(-c5c(C)cc(OC6CCOCC6)cc5C)cc(F)c(F)c43)ccc21. The lowest BCUT2D eigenvalue weighted by Gasteiger charge is -2.24. The summed E-state index contributed by atoms with van der Waals surface area (Å²) in [6, 6.07) is 10.7. The summed E-state index contributed by atoms with van der Waals surface area (Å²) in [5.74, 6) is -0.224. The first-order chi connectivity index (χ1) is 19.8. The number of aryl methyl sites for hydroxylation is 2. The maximum absolute atomic E-state index is 15.3. The Kier molecular flexibility index (Phi) is 7.60. The zero-order valence-electron chi connectivity index (χ0n) is 23.6. The number of esters is 1. The van der Waals surface area contributed by atoms with Gasteiger partial charge in [0.15, 0.2) is 11.6 Å². The Labute approximate surface area is 238 Å². The van der Waals surface area contributed by atoms with E-state index in [4.69, 9.17) is 23.7 Å². The summed E-state index contributed by atoms with van der Waals surface area (Å²) in [6.45, 7) is 5.72. The molecule has 8 heteroatoms. The second kappa shape index (κ2) is 11.3. The molecule has 216 valence electrons. The number of hydrogen-bond acceptors (Lipinski definition) is 6. The van der Waals surface area contributed by atoms with Gasteiger partial charge < -0.3 is 23.7 Å². The normalized spacial score (nSPS) is 19.8. The lowest BCUT2D eigenvalue weighted by atomic mass is 9.90. The van der Waals surface area contributed by atoms with E-state index in [-0.39, 0.29) is 30.0 Å². The minimum Gasteiger partial charge on any atom is -0.492 e. The first-order valence-corrected chi connectivity index (χ1v) is 14.2. The smallest absolute Gasteiger partial charge is 0.306 e. The highest BCUT2D eigenvalue weighted by Gasteiger charge is 2.34. The van der Waals surface area contributed by atoms with Gasteiger partial charge in [-0.2, -0.15) is 0 Å². The molecule has 2 heterocycles. The topological polar surface area (TPSA) is 63.2 Å². The van der Waals surface area contributed by atoms with Gasteiger partial charge in [-0.25, -0.2) is 8.78 Å². The molecule has 1 saturated heterocycles. The Morgan fingerprint density at radius 2 is 1.73 bits per heavy atom. The number of fused-ring (bicyclic) bond motifs is 2. The van der Waals surface area contributed by atoms with Gasteiger partial charge in [-0.05, 0) is 78.8 Å². The molecular weight excluding hydrogens is 530 g/mol. The van der Waals surface area contributed by atoms with E-state index in [1.54, 1.807) is 12.1 Å². The van der Waals surface area contributed by atoms with Crippen molar-refractivity contribution in [3.8, 4) is 28.4 Å². The van der Waals surface area contributed by atoms with Gasteiger partial charge in [0, 0.05) is 36.0 Å². The van der Waals surface area contributed by atoms with Gasteiger partial charge in [0.2, 0.25) is 0 Å². The van der Waals surface area contributed by atoms with Crippen LogP contribution >= 0.6 is 0 Å². The highest BCUT2D eigenvalue weighted by Crippen LogP contribution is 2.46. The summed E-state index contributed by atoms with van der Waals surface area (Å²) in [4.78, 5) is 11.7. The van der Waals surface area contributed by atoms with Crippen molar-refractivity contribution in [1.82, 2.24) is 0 Å². The van der Waals surface area contributed by atoms with E-state index in [9.17, 15) is 4.79 Å². The van der Waals surface area contributed by atoms with E-state index in [2.05, 4.69) is 0 Å². The van der Waals surface area contributed by atoms with Crippen LogP contribution in [0.5, 0.6) is 17.2 Å². The molecule has 1 fully saturated rings. The Bertz CT molecular complexity index is 1460. The summed E-state index contributed by atoms with van der Waals surface area (Å²) in [5, 5.41) is 0. The van der Waals surface area contributed by atoms with E-state index in [1.165, 1.54) is 13.2 Å². The second-order valence-corrected chi connectivity index (χ2v) is 11.1. The second-order valence-electron chi connectivity index (χ2n) is 11.1. The molecule has 0 spiro atoms. The third kappa shape index (κ3) is 5.37. The minimum atomic E-state index is -0.890. The van der Waals surface area contributed by atoms with Gasteiger partial charge in [0.1, 0.15) is 29.5 Å². The molecule has 0 aromatic heterocycles. The lowest BCUT2D eigenvalue weighted by molar-refractivity contribution is -0.141. The van der Waals surface area contributed by atoms with E-state index in [0.29, 0.717) is 49.7 Å². The molecule has 41 heavy (non-hydrogen) atoms. The van der Waals surface area contributed by atoms with Crippen molar-refractivity contribution in [3.05, 3.63) is 75.8 Å². The fourth-order valence-electron chi connectivity index (χ4n) is 6.40. The molecular formula is C33H34F2O6. The number of hydrogen-bond donors (Lipinski definition) is 0. The molecule has 3 aromatic carbocycles. The zero-order valence-corrected chi connectivity index (χ0v) is 23.6. The van der Waals surface area contributed by atoms with Gasteiger partial charge in [0.05, 0.1) is 33.4 Å². The fraction of sp³-hybridized carbons (Fsp3) is 0.424. The number of rotatable bonds is 7. The van der Waals surface area contributed by atoms with Crippen LogP contribution in [0.25, 0.3) is 11.1 Å². The summed E-state index contributed by atoms with van der Waals surface area (Å²) in [6.07, 6.45) is 2.49. The molecule has 2 atom stereocenters. The number of methoxy groups -OCH3 is 1. The Hall–Kier alpha value is -3.65. The first-order valence-electron chi connectivity index (χ1n) is 14.2. The molecule has 0 bridgehead atoms. The van der Waals surface area contributed by atoms with Crippen molar-refractivity contribution >= 4 is 5.97 Å². The average Bonchev–Trinajstić information content (AvgIpc) is 3.55. The molecule has 0 amide bonds. The summed E-state index contributed by atoms with van der Waals surface area (Å²) in [7, 11) is 1.36. The van der Waals surface area contributed by atoms with Crippen molar-refractivity contribution in [3.63, 3.8) is 0 Å². The Balaban J connectivity index is 1.27. The Morgan fingerprint density at radius 1 is 0.976 bits per heavy atom. The van der Waals surface area contributed by atoms with Gasteiger partial charge in [0.25, 0.3) is 0 Å². The molecule has 3 aromatic rings. The van der Waals surface area contributed by atoms with E-state index in [1.807, 2.05) is 32.0 Å². The van der Waals surface area contributed by atoms with Crippen LogP contribution < -0.4 is 14.2 Å². The van der Waals surface area contributed by atoms with Crippen LogP contribution in [0.4, 0.5) is 8.78 Å². The molecule has 3 aliphatic rings. The molecule has 6 rings (SSSR count). The van der Waals surface area contributed by atoms with Gasteiger partial charge >= 0.3 is 5.97 Å². The van der Waals surface area contributed by atoms with Crippen molar-refractivity contribution in [2.75, 3.05) is 26.9 Å². The largest absolute Gasteiger partial charge is 0.492 e. The van der Waals surface area contributed by atoms with Crippen LogP contribution in [0.1, 0.15) is 65.5 Å². The van der Waals surface area contributed by atoms with Gasteiger partial charge in [-0.1, -0.05) is 6.07 Å². The summed E-state index contributed by atoms with van der Waals surface area (Å²) in [5.41, 5.74) is 5.43. The highest BCUT2D eigenvalue weighted by atomic mass is 19.2. The number of ether oxygens (including phenoxy) is 5. The third-order valence-corrected chi connectivity index (χ3v) is 8.38. The van der Waals surface area contributed by atoms with Gasteiger partial charge in [-0.15, -0.1) is 0 Å². The molecule has 0 radical (unpaired) electrons. The Morgan fingerprint density at radius 3 is 2.46 bits per heavy atom. The molecule has 2 aliphatic heterocycles. The number of halogens is 2. The monoisotopic (exact) mass is 564 g/mol. The quantitative estimate of drug-likeness (QED) is 0.291. The standard InChI is InChI=1S/C33H34F2O6/c1-18-12-23(40-21-8-10-38-11-9-21)13-19(2)31(18)26-16-27(34)33(35)32-25(26)6-7-28(32)41-22-4-5-24-20(14-30(36)37-3)17-39-29(24)15-22/h4-5,12-13,15-16,20-21,28H,6-11,14,17H2,1-3H3/t20-,28-/m1/s1. The van der Waals surface area contributed by atoms with Crippen LogP contribution in [-0.2, 0) is 20.7 Å². The molecule has 6 nitrogen and oxygen atoms in total. The number of carbonyl (C=O) groups excluding carboxylic acids is 1. The molecule has 0 saturated carbocycles. The minimum absolute atomic E-state index is 0.0900. The van der Waals surface area contributed by atoms with Crippen molar-refractivity contribution < 1.29 is 37.3 Å². The third-order valence-electron chi connectivity index (χ3n) is 8.38. The van der Waals surface area contributed by atoms with Crippen molar-refractivity contribution in [2.24, 2.45) is 0 Å². The summed E-state index contributed by atoms with van der Waals surface area (Å²) < 4.78 is 59.0. The van der Waals surface area contributed by atoms with Crippen LogP contribution in [0.15, 0.2) is 36.4 Å². The average molecular weight is 565 g/mol. The lowest BCUT2D eigenvalue weighted by Crippen LogP contribution is -2.25. The predicted molar refractivity (Wildman–Crippen MR) is 149 cm³/mol. The van der Waals surface area contributed by atoms with Crippen LogP contribution in [0.3, 0.4) is 0 Å². The molecule has 1 aliphatic carbocycles. The van der Waals surface area contributed by atoms with Crippen LogP contribution in [0.2, 0.25) is 0 Å².